The summed E-state index contributed by atoms with van der Waals surface area (Å²) in [5, 5.41) is 0. The molecule has 2 rings (SSSR count). The number of imidazole rings is 1. The van der Waals surface area contributed by atoms with E-state index in [0.717, 1.165) is 22.6 Å². The number of carbonyl (C=O) groups excluding carboxylic acids is 1. The van der Waals surface area contributed by atoms with E-state index < -0.39 is 0 Å². The predicted octanol–water partition coefficient (Wildman–Crippen LogP) is 1.61. The Balaban J connectivity index is 2.48. The number of fused-ring (bicyclic) bond motifs is 1. The van der Waals surface area contributed by atoms with E-state index in [9.17, 15) is 4.79 Å². The van der Waals surface area contributed by atoms with Crippen molar-refractivity contribution in [2.75, 3.05) is 20.0 Å². The van der Waals surface area contributed by atoms with E-state index in [1.54, 1.807) is 25.2 Å². The maximum absolute atomic E-state index is 11.9. The molecule has 0 spiro atoms. The number of alkyl halides is 1. The molecule has 19 heavy (non-hydrogen) atoms. The maximum Gasteiger partial charge on any atom is 0.242 e. The molecule has 0 aromatic carbocycles. The lowest BCUT2D eigenvalue weighted by molar-refractivity contribution is -0.129. The van der Waals surface area contributed by atoms with Gasteiger partial charge in [0.15, 0.2) is 5.65 Å². The minimum atomic E-state index is 0.0116. The average Bonchev–Trinajstić information content (AvgIpc) is 2.67. The van der Waals surface area contributed by atoms with Gasteiger partial charge in [-0.3, -0.25) is 4.79 Å². The Bertz CT molecular complexity index is 606. The molecule has 0 N–H and O–H groups in total. The number of likely N-dealkylation sites (N-methyl/N-ethyl adjacent to an activating group) is 1. The number of aryl methyl sites for hydroxylation is 2. The fourth-order valence-corrected chi connectivity index (χ4v) is 2.05. The summed E-state index contributed by atoms with van der Waals surface area (Å²) in [5.41, 5.74) is 2.60. The monoisotopic (exact) mass is 280 g/mol. The van der Waals surface area contributed by atoms with Crippen molar-refractivity contribution >= 4 is 28.7 Å². The van der Waals surface area contributed by atoms with E-state index in [-0.39, 0.29) is 12.5 Å². The number of hydrogen-bond donors (Lipinski definition) is 0. The normalized spacial score (nSPS) is 10.9. The highest BCUT2D eigenvalue weighted by molar-refractivity contribution is 6.17. The number of carbonyl (C=O) groups is 1. The first kappa shape index (κ1) is 13.8. The summed E-state index contributed by atoms with van der Waals surface area (Å²) in [6, 6.07) is 1.97. The van der Waals surface area contributed by atoms with Crippen LogP contribution in [0, 0.1) is 6.92 Å². The van der Waals surface area contributed by atoms with Crippen LogP contribution in [0.15, 0.2) is 12.3 Å². The fraction of sp³-hybridized carbons (Fsp3) is 0.462. The van der Waals surface area contributed by atoms with Crippen LogP contribution in [0.2, 0.25) is 0 Å². The number of nitrogens with zero attached hydrogens (tertiary/aromatic N) is 4. The van der Waals surface area contributed by atoms with Crippen LogP contribution in [-0.4, -0.2) is 45.3 Å². The summed E-state index contributed by atoms with van der Waals surface area (Å²) in [6.45, 7) is 2.21. The summed E-state index contributed by atoms with van der Waals surface area (Å²) >= 11 is 5.80. The number of amides is 1. The second-order valence-electron chi connectivity index (χ2n) is 4.70. The molecule has 0 aliphatic carbocycles. The standard InChI is InChI=1S/C13H17ClN4O/c1-9-6-10-13(15-7-9)18(8-12(19)17(2)3)11(16-10)4-5-14/h6-7H,4-5,8H2,1-3H3. The van der Waals surface area contributed by atoms with Crippen LogP contribution >= 0.6 is 11.6 Å². The third kappa shape index (κ3) is 2.87. The molecule has 0 saturated heterocycles. The van der Waals surface area contributed by atoms with Crippen LogP contribution in [0.5, 0.6) is 0 Å². The first-order valence-corrected chi connectivity index (χ1v) is 6.64. The lowest BCUT2D eigenvalue weighted by Crippen LogP contribution is -2.27. The van der Waals surface area contributed by atoms with Crippen molar-refractivity contribution in [2.24, 2.45) is 0 Å². The van der Waals surface area contributed by atoms with E-state index in [1.807, 2.05) is 17.6 Å². The Morgan fingerprint density at radius 1 is 1.47 bits per heavy atom. The molecule has 0 aliphatic heterocycles. The van der Waals surface area contributed by atoms with E-state index >= 15 is 0 Å². The molecule has 2 aromatic heterocycles. The zero-order valence-corrected chi connectivity index (χ0v) is 12.1. The third-order valence-electron chi connectivity index (χ3n) is 2.91. The highest BCUT2D eigenvalue weighted by atomic mass is 35.5. The van der Waals surface area contributed by atoms with E-state index in [4.69, 9.17) is 11.6 Å². The number of rotatable bonds is 4. The van der Waals surface area contributed by atoms with Crippen molar-refractivity contribution in [3.8, 4) is 0 Å². The molecule has 102 valence electrons. The third-order valence-corrected chi connectivity index (χ3v) is 3.10. The van der Waals surface area contributed by atoms with Gasteiger partial charge in [-0.2, -0.15) is 0 Å². The largest absolute Gasteiger partial charge is 0.347 e. The molecule has 0 atom stereocenters. The number of aromatic nitrogens is 3. The van der Waals surface area contributed by atoms with Crippen molar-refractivity contribution < 1.29 is 4.79 Å². The van der Waals surface area contributed by atoms with Crippen molar-refractivity contribution in [1.29, 1.82) is 0 Å². The molecule has 6 heteroatoms. The molecule has 0 fully saturated rings. The first-order valence-electron chi connectivity index (χ1n) is 6.11. The van der Waals surface area contributed by atoms with Gasteiger partial charge in [0.1, 0.15) is 17.9 Å². The molecule has 0 bridgehead atoms. The van der Waals surface area contributed by atoms with Gasteiger partial charge in [-0.25, -0.2) is 9.97 Å². The van der Waals surface area contributed by atoms with Gasteiger partial charge in [-0.05, 0) is 18.6 Å². The van der Waals surface area contributed by atoms with Gasteiger partial charge in [0.25, 0.3) is 0 Å². The second-order valence-corrected chi connectivity index (χ2v) is 5.07. The summed E-state index contributed by atoms with van der Waals surface area (Å²) in [6.07, 6.45) is 2.41. The first-order chi connectivity index (χ1) is 9.02. The highest BCUT2D eigenvalue weighted by Crippen LogP contribution is 2.16. The van der Waals surface area contributed by atoms with Gasteiger partial charge in [0, 0.05) is 32.6 Å². The predicted molar refractivity (Wildman–Crippen MR) is 75.4 cm³/mol. The van der Waals surface area contributed by atoms with Gasteiger partial charge >= 0.3 is 0 Å². The van der Waals surface area contributed by atoms with Gasteiger partial charge in [0.2, 0.25) is 5.91 Å². The van der Waals surface area contributed by atoms with Crippen molar-refractivity contribution in [1.82, 2.24) is 19.4 Å². The minimum absolute atomic E-state index is 0.0116. The average molecular weight is 281 g/mol. The molecular weight excluding hydrogens is 264 g/mol. The molecule has 0 radical (unpaired) electrons. The zero-order valence-electron chi connectivity index (χ0n) is 11.4. The highest BCUT2D eigenvalue weighted by Gasteiger charge is 2.15. The van der Waals surface area contributed by atoms with Crippen LogP contribution in [-0.2, 0) is 17.8 Å². The van der Waals surface area contributed by atoms with Crippen LogP contribution < -0.4 is 0 Å². The molecule has 0 saturated carbocycles. The Morgan fingerprint density at radius 2 is 2.21 bits per heavy atom. The topological polar surface area (TPSA) is 51.0 Å². The SMILES string of the molecule is Cc1cnc2c(c1)nc(CCCl)n2CC(=O)N(C)C. The van der Waals surface area contributed by atoms with Gasteiger partial charge in [-0.15, -0.1) is 11.6 Å². The Hall–Kier alpha value is -1.62. The number of pyridine rings is 1. The summed E-state index contributed by atoms with van der Waals surface area (Å²) in [5.74, 6) is 1.29. The zero-order chi connectivity index (χ0) is 14.0. The van der Waals surface area contributed by atoms with Crippen LogP contribution in [0.4, 0.5) is 0 Å². The van der Waals surface area contributed by atoms with E-state index in [0.29, 0.717) is 12.3 Å². The van der Waals surface area contributed by atoms with Crippen LogP contribution in [0.3, 0.4) is 0 Å². The summed E-state index contributed by atoms with van der Waals surface area (Å²) in [7, 11) is 3.47. The fourth-order valence-electron chi connectivity index (χ4n) is 1.88. The maximum atomic E-state index is 11.9. The molecule has 1 amide bonds. The van der Waals surface area contributed by atoms with Crippen LogP contribution in [0.1, 0.15) is 11.4 Å². The van der Waals surface area contributed by atoms with Crippen molar-refractivity contribution in [3.63, 3.8) is 0 Å². The molecule has 0 unspecified atom stereocenters. The lowest BCUT2D eigenvalue weighted by atomic mass is 10.3. The number of hydrogen-bond acceptors (Lipinski definition) is 3. The van der Waals surface area contributed by atoms with Gasteiger partial charge in [0.05, 0.1) is 0 Å². The molecular formula is C13H17ClN4O. The Kier molecular flexibility index (Phi) is 4.04. The molecule has 5 nitrogen and oxygen atoms in total. The molecule has 0 aliphatic rings. The smallest absolute Gasteiger partial charge is 0.242 e. The van der Waals surface area contributed by atoms with Crippen molar-refractivity contribution in [3.05, 3.63) is 23.7 Å². The number of halogens is 1. The van der Waals surface area contributed by atoms with Crippen molar-refractivity contribution in [2.45, 2.75) is 19.9 Å². The summed E-state index contributed by atoms with van der Waals surface area (Å²) in [4.78, 5) is 22.4. The summed E-state index contributed by atoms with van der Waals surface area (Å²) < 4.78 is 1.85. The van der Waals surface area contributed by atoms with Gasteiger partial charge in [-0.1, -0.05) is 0 Å². The van der Waals surface area contributed by atoms with E-state index in [2.05, 4.69) is 9.97 Å². The Labute approximate surface area is 117 Å². The molecule has 2 heterocycles. The minimum Gasteiger partial charge on any atom is -0.347 e. The molecule has 2 aromatic rings. The van der Waals surface area contributed by atoms with Crippen LogP contribution in [0.25, 0.3) is 11.2 Å². The quantitative estimate of drug-likeness (QED) is 0.800. The van der Waals surface area contributed by atoms with Gasteiger partial charge < -0.3 is 9.47 Å². The second kappa shape index (κ2) is 5.57. The lowest BCUT2D eigenvalue weighted by Gasteiger charge is -2.12. The van der Waals surface area contributed by atoms with E-state index in [1.165, 1.54) is 0 Å². The Morgan fingerprint density at radius 3 is 2.84 bits per heavy atom.